The number of aromatic nitrogens is 2. The van der Waals surface area contributed by atoms with Gasteiger partial charge in [0.25, 0.3) is 0 Å². The van der Waals surface area contributed by atoms with Crippen molar-refractivity contribution in [2.45, 2.75) is 12.7 Å². The largest absolute Gasteiger partial charge is 0.472 e. The maximum Gasteiger partial charge on any atom is 0.472 e. The summed E-state index contributed by atoms with van der Waals surface area (Å²) in [5, 5.41) is 5.63. The Hall–Kier alpha value is -5.11. The third-order valence-electron chi connectivity index (χ3n) is 6.68. The van der Waals surface area contributed by atoms with Crippen molar-refractivity contribution in [3.63, 3.8) is 0 Å². The summed E-state index contributed by atoms with van der Waals surface area (Å²) in [6.07, 6.45) is -5.14. The summed E-state index contributed by atoms with van der Waals surface area (Å²) in [5.41, 5.74) is 0.279. The van der Waals surface area contributed by atoms with E-state index in [9.17, 15) is 31.5 Å². The Labute approximate surface area is 248 Å². The van der Waals surface area contributed by atoms with Crippen LogP contribution in [-0.2, 0) is 11.3 Å². The van der Waals surface area contributed by atoms with Gasteiger partial charge in [-0.2, -0.15) is 18.2 Å². The van der Waals surface area contributed by atoms with Crippen molar-refractivity contribution >= 4 is 40.8 Å². The van der Waals surface area contributed by atoms with Crippen LogP contribution < -0.4 is 20.4 Å². The molecule has 2 N–H and O–H groups in total. The van der Waals surface area contributed by atoms with E-state index < -0.39 is 35.4 Å². The summed E-state index contributed by atoms with van der Waals surface area (Å²) >= 11 is 0. The zero-order valence-electron chi connectivity index (χ0n) is 23.5. The van der Waals surface area contributed by atoms with Gasteiger partial charge < -0.3 is 15.5 Å². The molecule has 0 saturated carbocycles. The van der Waals surface area contributed by atoms with Crippen molar-refractivity contribution in [2.24, 2.45) is 0 Å². The van der Waals surface area contributed by atoms with E-state index in [-0.39, 0.29) is 35.4 Å². The lowest BCUT2D eigenvalue weighted by Crippen LogP contribution is -2.43. The summed E-state index contributed by atoms with van der Waals surface area (Å²) in [5.74, 6) is -4.07. The van der Waals surface area contributed by atoms with Gasteiger partial charge in [-0.1, -0.05) is 36.4 Å². The topological polar surface area (TPSA) is 93.7 Å². The van der Waals surface area contributed by atoms with Gasteiger partial charge >= 0.3 is 18.1 Å². The number of amides is 3. The van der Waals surface area contributed by atoms with Gasteiger partial charge in [-0.05, 0) is 50.5 Å². The summed E-state index contributed by atoms with van der Waals surface area (Å²) in [6.45, 7) is 0.869. The molecule has 1 aromatic heterocycles. The lowest BCUT2D eigenvalue weighted by atomic mass is 10.0. The average molecular weight is 612 g/mol. The summed E-state index contributed by atoms with van der Waals surface area (Å²) in [7, 11) is 3.72. The fourth-order valence-corrected chi connectivity index (χ4v) is 4.63. The minimum atomic E-state index is -5.14. The number of para-hydroxylation sites is 2. The van der Waals surface area contributed by atoms with E-state index in [2.05, 4.69) is 20.6 Å². The minimum Gasteiger partial charge on any atom is -0.353 e. The first kappa shape index (κ1) is 30.4. The Balaban J connectivity index is 1.62. The Kier molecular flexibility index (Phi) is 8.45. The van der Waals surface area contributed by atoms with E-state index in [1.165, 1.54) is 54.6 Å². The zero-order valence-corrected chi connectivity index (χ0v) is 23.5. The second kappa shape index (κ2) is 12.2. The van der Waals surface area contributed by atoms with Crippen molar-refractivity contribution in [1.82, 2.24) is 20.2 Å². The van der Waals surface area contributed by atoms with E-state index in [0.29, 0.717) is 29.1 Å². The number of halogens is 5. The molecule has 1 aliphatic rings. The number of fused-ring (bicyclic) bond motifs is 1. The number of likely N-dealkylation sites (N-methyl/N-ethyl adjacent to an activating group) is 1. The molecule has 9 nitrogen and oxygen atoms in total. The predicted molar refractivity (Wildman–Crippen MR) is 155 cm³/mol. The highest BCUT2D eigenvalue weighted by Crippen LogP contribution is 2.39. The van der Waals surface area contributed by atoms with Gasteiger partial charge in [0, 0.05) is 35.6 Å². The molecule has 4 aromatic rings. The molecule has 0 bridgehead atoms. The molecule has 0 fully saturated rings. The van der Waals surface area contributed by atoms with Gasteiger partial charge in [0.2, 0.25) is 5.95 Å². The lowest BCUT2D eigenvalue weighted by Gasteiger charge is -2.31. The normalized spacial score (nSPS) is 13.0. The standard InChI is InChI=1S/C30H26F5N7O2/c1-40(2)16-15-36-28-38-24(21-17-37-29(44)42(26(21)39-28)25-22(31)9-6-10-23(25)32)18-11-13-20(14-12-18)41(27(43)30(33,34)35)19-7-4-3-5-8-19/h3-14H,15-17H2,1-2H3,(H,37,44)(H,36,38,39). The molecular formula is C30H26F5N7O2. The monoisotopic (exact) mass is 611 g/mol. The van der Waals surface area contributed by atoms with Crippen molar-refractivity contribution in [3.8, 4) is 11.3 Å². The number of hydrogen-bond acceptors (Lipinski definition) is 6. The van der Waals surface area contributed by atoms with Crippen LogP contribution in [0.5, 0.6) is 0 Å². The third kappa shape index (κ3) is 6.15. The van der Waals surface area contributed by atoms with Gasteiger partial charge in [-0.25, -0.2) is 23.5 Å². The van der Waals surface area contributed by atoms with Crippen molar-refractivity contribution in [2.75, 3.05) is 42.3 Å². The number of nitrogens with one attached hydrogen (secondary N) is 2. The minimum absolute atomic E-state index is 0.0136. The first-order valence-corrected chi connectivity index (χ1v) is 13.3. The maximum atomic E-state index is 14.9. The Morgan fingerprint density at radius 2 is 1.57 bits per heavy atom. The Bertz CT molecular complexity index is 1660. The number of benzene rings is 3. The average Bonchev–Trinajstić information content (AvgIpc) is 2.98. The van der Waals surface area contributed by atoms with Crippen LogP contribution in [0.1, 0.15) is 5.56 Å². The van der Waals surface area contributed by atoms with Crippen molar-refractivity contribution in [3.05, 3.63) is 90.0 Å². The van der Waals surface area contributed by atoms with Crippen LogP contribution in [0.3, 0.4) is 0 Å². The number of alkyl halides is 3. The first-order chi connectivity index (χ1) is 21.0. The molecule has 3 amide bonds. The van der Waals surface area contributed by atoms with E-state index in [1.54, 1.807) is 6.07 Å². The molecule has 0 unspecified atom stereocenters. The quantitative estimate of drug-likeness (QED) is 0.238. The van der Waals surface area contributed by atoms with Gasteiger partial charge in [0.15, 0.2) is 5.82 Å². The number of urea groups is 1. The molecule has 0 radical (unpaired) electrons. The zero-order chi connectivity index (χ0) is 31.6. The number of carbonyl (C=O) groups excluding carboxylic acids is 2. The molecule has 0 aliphatic carbocycles. The van der Waals surface area contributed by atoms with Crippen LogP contribution in [-0.4, -0.2) is 60.2 Å². The van der Waals surface area contributed by atoms with Gasteiger partial charge in [0.05, 0.1) is 12.2 Å². The highest BCUT2D eigenvalue weighted by atomic mass is 19.4. The smallest absolute Gasteiger partial charge is 0.353 e. The van der Waals surface area contributed by atoms with Crippen LogP contribution in [0.4, 0.5) is 55.6 Å². The molecule has 228 valence electrons. The summed E-state index contributed by atoms with van der Waals surface area (Å²) < 4.78 is 70.4. The predicted octanol–water partition coefficient (Wildman–Crippen LogP) is 5.98. The molecule has 0 atom stereocenters. The Morgan fingerprint density at radius 3 is 2.18 bits per heavy atom. The number of hydrogen-bond donors (Lipinski definition) is 2. The molecule has 2 heterocycles. The number of carbonyl (C=O) groups is 2. The van der Waals surface area contributed by atoms with Crippen molar-refractivity contribution in [1.29, 1.82) is 0 Å². The van der Waals surface area contributed by atoms with Crippen molar-refractivity contribution < 1.29 is 31.5 Å². The highest BCUT2D eigenvalue weighted by Gasteiger charge is 2.44. The van der Waals surface area contributed by atoms with Crippen LogP contribution in [0, 0.1) is 11.6 Å². The van der Waals surface area contributed by atoms with Crippen LogP contribution in [0.25, 0.3) is 11.3 Å². The number of rotatable bonds is 8. The van der Waals surface area contributed by atoms with Crippen LogP contribution >= 0.6 is 0 Å². The SMILES string of the molecule is CN(C)CCNc1nc(-c2ccc(N(C(=O)C(F)(F)F)c3ccccc3)cc2)c2c(n1)N(c1c(F)cccc1F)C(=O)NC2. The van der Waals surface area contributed by atoms with Crippen LogP contribution in [0.15, 0.2) is 72.8 Å². The lowest BCUT2D eigenvalue weighted by molar-refractivity contribution is -0.169. The fraction of sp³-hybridized carbons (Fsp3) is 0.200. The van der Waals surface area contributed by atoms with E-state index in [1.807, 2.05) is 19.0 Å². The third-order valence-corrected chi connectivity index (χ3v) is 6.68. The maximum absolute atomic E-state index is 14.9. The van der Waals surface area contributed by atoms with Gasteiger partial charge in [0.1, 0.15) is 17.3 Å². The van der Waals surface area contributed by atoms with E-state index in [0.717, 1.165) is 17.0 Å². The fourth-order valence-electron chi connectivity index (χ4n) is 4.63. The number of nitrogens with zero attached hydrogens (tertiary/aromatic N) is 5. The molecule has 0 saturated heterocycles. The Morgan fingerprint density at radius 1 is 0.932 bits per heavy atom. The molecule has 14 heteroatoms. The second-order valence-corrected chi connectivity index (χ2v) is 10.0. The number of anilines is 5. The summed E-state index contributed by atoms with van der Waals surface area (Å²) in [4.78, 5) is 37.7. The summed E-state index contributed by atoms with van der Waals surface area (Å²) in [6, 6.07) is 15.3. The molecule has 1 aliphatic heterocycles. The van der Waals surface area contributed by atoms with Crippen LogP contribution in [0.2, 0.25) is 0 Å². The highest BCUT2D eigenvalue weighted by molar-refractivity contribution is 6.04. The molecule has 5 rings (SSSR count). The molecule has 0 spiro atoms. The molecular weight excluding hydrogens is 585 g/mol. The second-order valence-electron chi connectivity index (χ2n) is 10.0. The van der Waals surface area contributed by atoms with E-state index in [4.69, 9.17) is 0 Å². The van der Waals surface area contributed by atoms with Gasteiger partial charge in [-0.15, -0.1) is 0 Å². The molecule has 44 heavy (non-hydrogen) atoms. The first-order valence-electron chi connectivity index (χ1n) is 13.3. The van der Waals surface area contributed by atoms with E-state index >= 15 is 0 Å². The van der Waals surface area contributed by atoms with Gasteiger partial charge in [-0.3, -0.25) is 9.69 Å². The molecule has 3 aromatic carbocycles.